The minimum absolute atomic E-state index is 0.0744. The van der Waals surface area contributed by atoms with Gasteiger partial charge in [-0.1, -0.05) is 19.3 Å². The summed E-state index contributed by atoms with van der Waals surface area (Å²) in [5.41, 5.74) is 0. The van der Waals surface area contributed by atoms with Crippen molar-refractivity contribution in [2.75, 3.05) is 26.3 Å². The van der Waals surface area contributed by atoms with E-state index in [0.717, 1.165) is 12.8 Å². The Morgan fingerprint density at radius 3 is 2.80 bits per heavy atom. The van der Waals surface area contributed by atoms with Gasteiger partial charge in [0.25, 0.3) is 0 Å². The third kappa shape index (κ3) is 3.80. The summed E-state index contributed by atoms with van der Waals surface area (Å²) in [4.78, 5) is 13.4. The summed E-state index contributed by atoms with van der Waals surface area (Å²) in [5.74, 6) is 2.58. The molecule has 4 nitrogen and oxygen atoms in total. The van der Waals surface area contributed by atoms with Gasteiger partial charge in [0.2, 0.25) is 0 Å². The van der Waals surface area contributed by atoms with Crippen molar-refractivity contribution in [2.24, 2.45) is 0 Å². The molecule has 0 aromatic rings. The van der Waals surface area contributed by atoms with Gasteiger partial charge in [0.05, 0.1) is 19.3 Å². The quantitative estimate of drug-likeness (QED) is 0.701. The van der Waals surface area contributed by atoms with E-state index >= 15 is 0 Å². The van der Waals surface area contributed by atoms with Crippen LogP contribution in [-0.2, 0) is 4.74 Å². The topological polar surface area (TPSA) is 41.6 Å². The summed E-state index contributed by atoms with van der Waals surface area (Å²) in [5, 5.41) is 2.83. The molecule has 1 saturated heterocycles. The molecule has 15 heavy (non-hydrogen) atoms. The fraction of sp³-hybridized carbons (Fsp3) is 0.727. The molecule has 4 heteroatoms. The van der Waals surface area contributed by atoms with Crippen LogP contribution in [0.2, 0.25) is 0 Å². The van der Waals surface area contributed by atoms with Gasteiger partial charge in [-0.2, -0.15) is 0 Å². The Morgan fingerprint density at radius 1 is 1.60 bits per heavy atom. The number of rotatable bonds is 3. The molecule has 1 N–H and O–H groups in total. The number of ether oxygens (including phenoxy) is 1. The van der Waals surface area contributed by atoms with Crippen LogP contribution < -0.4 is 5.32 Å². The van der Waals surface area contributed by atoms with Crippen LogP contribution in [0.3, 0.4) is 0 Å². The van der Waals surface area contributed by atoms with Crippen LogP contribution in [0.5, 0.6) is 0 Å². The molecule has 0 spiro atoms. The lowest BCUT2D eigenvalue weighted by atomic mass is 10.2. The SMILES string of the molecule is C#CC(CCC)NC(=O)N1CCOCC1. The van der Waals surface area contributed by atoms with Gasteiger partial charge in [0.15, 0.2) is 0 Å². The highest BCUT2D eigenvalue weighted by Crippen LogP contribution is 2.00. The number of carbonyl (C=O) groups is 1. The van der Waals surface area contributed by atoms with E-state index in [4.69, 9.17) is 11.2 Å². The van der Waals surface area contributed by atoms with Gasteiger partial charge in [-0.25, -0.2) is 4.79 Å². The van der Waals surface area contributed by atoms with Gasteiger partial charge in [0, 0.05) is 13.1 Å². The van der Waals surface area contributed by atoms with E-state index in [-0.39, 0.29) is 12.1 Å². The number of carbonyl (C=O) groups excluding carboxylic acids is 1. The highest BCUT2D eigenvalue weighted by molar-refractivity contribution is 5.75. The molecule has 0 aliphatic carbocycles. The molecule has 84 valence electrons. The lowest BCUT2D eigenvalue weighted by molar-refractivity contribution is 0.0528. The fourth-order valence-corrected chi connectivity index (χ4v) is 1.49. The second kappa shape index (κ2) is 6.31. The van der Waals surface area contributed by atoms with E-state index in [9.17, 15) is 4.79 Å². The summed E-state index contributed by atoms with van der Waals surface area (Å²) < 4.78 is 5.17. The van der Waals surface area contributed by atoms with Crippen molar-refractivity contribution in [3.05, 3.63) is 0 Å². The minimum Gasteiger partial charge on any atom is -0.378 e. The number of amides is 2. The monoisotopic (exact) mass is 210 g/mol. The molecule has 1 rings (SSSR count). The molecule has 2 amide bonds. The normalized spacial score (nSPS) is 18.0. The van der Waals surface area contributed by atoms with Crippen LogP contribution in [0, 0.1) is 12.3 Å². The highest BCUT2D eigenvalue weighted by Gasteiger charge is 2.18. The zero-order valence-corrected chi connectivity index (χ0v) is 9.16. The Morgan fingerprint density at radius 2 is 2.27 bits per heavy atom. The molecule has 1 heterocycles. The number of morpholine rings is 1. The molecule has 0 saturated carbocycles. The minimum atomic E-state index is -0.148. The van der Waals surface area contributed by atoms with Gasteiger partial charge in [0.1, 0.15) is 0 Å². The Balaban J connectivity index is 2.36. The third-order valence-corrected chi connectivity index (χ3v) is 2.37. The van der Waals surface area contributed by atoms with E-state index in [1.54, 1.807) is 4.90 Å². The second-order valence-electron chi connectivity index (χ2n) is 3.56. The predicted octanol–water partition coefficient (Wildman–Crippen LogP) is 0.830. The highest BCUT2D eigenvalue weighted by atomic mass is 16.5. The first-order valence-electron chi connectivity index (χ1n) is 5.37. The first kappa shape index (κ1) is 11.9. The number of terminal acetylenes is 1. The summed E-state index contributed by atoms with van der Waals surface area (Å²) in [6, 6.07) is -0.222. The summed E-state index contributed by atoms with van der Waals surface area (Å²) in [7, 11) is 0. The van der Waals surface area contributed by atoms with E-state index < -0.39 is 0 Å². The number of hydrogen-bond acceptors (Lipinski definition) is 2. The Labute approximate surface area is 91.0 Å². The van der Waals surface area contributed by atoms with Crippen molar-refractivity contribution in [1.82, 2.24) is 10.2 Å². The summed E-state index contributed by atoms with van der Waals surface area (Å²) in [6.07, 6.45) is 7.13. The Kier molecular flexibility index (Phi) is 4.99. The van der Waals surface area contributed by atoms with E-state index in [1.807, 2.05) is 6.92 Å². The van der Waals surface area contributed by atoms with Gasteiger partial charge in [-0.05, 0) is 6.42 Å². The van der Waals surface area contributed by atoms with Gasteiger partial charge in [-0.15, -0.1) is 6.42 Å². The van der Waals surface area contributed by atoms with E-state index in [1.165, 1.54) is 0 Å². The predicted molar refractivity (Wildman–Crippen MR) is 58.5 cm³/mol. The van der Waals surface area contributed by atoms with Crippen LogP contribution in [0.25, 0.3) is 0 Å². The van der Waals surface area contributed by atoms with E-state index in [2.05, 4.69) is 11.2 Å². The standard InChI is InChI=1S/C11H18N2O2/c1-3-5-10(4-2)12-11(14)13-6-8-15-9-7-13/h2,10H,3,5-9H2,1H3,(H,12,14). The second-order valence-corrected chi connectivity index (χ2v) is 3.56. The number of nitrogens with zero attached hydrogens (tertiary/aromatic N) is 1. The van der Waals surface area contributed by atoms with Gasteiger partial charge in [-0.3, -0.25) is 0 Å². The molecule has 1 aliphatic rings. The molecule has 0 bridgehead atoms. The molecular formula is C11H18N2O2. The zero-order chi connectivity index (χ0) is 11.1. The molecule has 1 aliphatic heterocycles. The maximum atomic E-state index is 11.7. The molecule has 1 fully saturated rings. The third-order valence-electron chi connectivity index (χ3n) is 2.37. The summed E-state index contributed by atoms with van der Waals surface area (Å²) in [6.45, 7) is 4.57. The van der Waals surface area contributed by atoms with Gasteiger partial charge < -0.3 is 15.0 Å². The van der Waals surface area contributed by atoms with Crippen molar-refractivity contribution in [2.45, 2.75) is 25.8 Å². The van der Waals surface area contributed by atoms with Crippen LogP contribution in [0.1, 0.15) is 19.8 Å². The van der Waals surface area contributed by atoms with Crippen LogP contribution in [0.4, 0.5) is 4.79 Å². The lowest BCUT2D eigenvalue weighted by Gasteiger charge is -2.28. The fourth-order valence-electron chi connectivity index (χ4n) is 1.49. The molecular weight excluding hydrogens is 192 g/mol. The number of hydrogen-bond donors (Lipinski definition) is 1. The largest absolute Gasteiger partial charge is 0.378 e. The zero-order valence-electron chi connectivity index (χ0n) is 9.16. The van der Waals surface area contributed by atoms with Crippen LogP contribution in [0.15, 0.2) is 0 Å². The number of nitrogens with one attached hydrogen (secondary N) is 1. The average Bonchev–Trinajstić information content (AvgIpc) is 2.29. The summed E-state index contributed by atoms with van der Waals surface area (Å²) >= 11 is 0. The van der Waals surface area contributed by atoms with Gasteiger partial charge >= 0.3 is 6.03 Å². The lowest BCUT2D eigenvalue weighted by Crippen LogP contribution is -2.48. The molecule has 0 radical (unpaired) electrons. The molecule has 0 aromatic heterocycles. The first-order valence-corrected chi connectivity index (χ1v) is 5.37. The van der Waals surface area contributed by atoms with Crippen molar-refractivity contribution in [3.63, 3.8) is 0 Å². The Bertz CT molecular complexity index is 241. The van der Waals surface area contributed by atoms with Crippen molar-refractivity contribution in [3.8, 4) is 12.3 Å². The number of urea groups is 1. The van der Waals surface area contributed by atoms with Crippen LogP contribution >= 0.6 is 0 Å². The average molecular weight is 210 g/mol. The molecule has 1 unspecified atom stereocenters. The Hall–Kier alpha value is -1.21. The maximum absolute atomic E-state index is 11.7. The van der Waals surface area contributed by atoms with E-state index in [0.29, 0.717) is 26.3 Å². The first-order chi connectivity index (χ1) is 7.27. The van der Waals surface area contributed by atoms with Crippen molar-refractivity contribution >= 4 is 6.03 Å². The molecule has 0 aromatic carbocycles. The molecule has 1 atom stereocenters. The van der Waals surface area contributed by atoms with Crippen molar-refractivity contribution < 1.29 is 9.53 Å². The van der Waals surface area contributed by atoms with Crippen molar-refractivity contribution in [1.29, 1.82) is 0 Å². The smallest absolute Gasteiger partial charge is 0.318 e. The van der Waals surface area contributed by atoms with Crippen LogP contribution in [-0.4, -0.2) is 43.3 Å². The maximum Gasteiger partial charge on any atom is 0.318 e.